The Hall–Kier alpha value is -1.73. The molecule has 1 aliphatic heterocycles. The molecule has 1 aromatic rings. The summed E-state index contributed by atoms with van der Waals surface area (Å²) in [7, 11) is 1.79. The van der Waals surface area contributed by atoms with Crippen LogP contribution < -0.4 is 5.32 Å². The average molecular weight is 264 g/mol. The molecule has 0 saturated carbocycles. The lowest BCUT2D eigenvalue weighted by Crippen LogP contribution is -2.43. The van der Waals surface area contributed by atoms with Crippen molar-refractivity contribution in [3.8, 4) is 6.07 Å². The fraction of sp³-hybridized carbons (Fsp3) is 0.385. The number of rotatable bonds is 2. The van der Waals surface area contributed by atoms with Crippen molar-refractivity contribution in [3.63, 3.8) is 0 Å². The molecule has 0 spiro atoms. The molecule has 1 N–H and O–H groups in total. The number of hydrogen-bond donors (Lipinski definition) is 1. The van der Waals surface area contributed by atoms with Crippen molar-refractivity contribution in [2.45, 2.75) is 18.9 Å². The Bertz CT molecular complexity index is 509. The van der Waals surface area contributed by atoms with E-state index in [2.05, 4.69) is 11.4 Å². The molecular weight excluding hydrogens is 250 g/mol. The molecule has 1 heterocycles. The zero-order chi connectivity index (χ0) is 13.1. The van der Waals surface area contributed by atoms with Crippen LogP contribution in [0.3, 0.4) is 0 Å². The first-order valence-electron chi connectivity index (χ1n) is 5.80. The number of anilines is 1. The Morgan fingerprint density at radius 1 is 1.56 bits per heavy atom. The quantitative estimate of drug-likeness (QED) is 0.890. The summed E-state index contributed by atoms with van der Waals surface area (Å²) < 4.78 is 0. The van der Waals surface area contributed by atoms with Crippen molar-refractivity contribution in [2.75, 3.05) is 18.9 Å². The average Bonchev–Trinajstić information content (AvgIpc) is 2.36. The summed E-state index contributed by atoms with van der Waals surface area (Å²) in [6.07, 6.45) is 1.33. The van der Waals surface area contributed by atoms with Crippen LogP contribution >= 0.6 is 11.6 Å². The molecule has 2 rings (SSSR count). The van der Waals surface area contributed by atoms with Crippen LogP contribution in [0.25, 0.3) is 0 Å². The van der Waals surface area contributed by atoms with Gasteiger partial charge in [-0.05, 0) is 24.6 Å². The Morgan fingerprint density at radius 3 is 3.00 bits per heavy atom. The number of halogens is 1. The lowest BCUT2D eigenvalue weighted by atomic mass is 10.0. The number of nitrogens with zero attached hydrogens (tertiary/aromatic N) is 2. The molecule has 4 nitrogen and oxygen atoms in total. The van der Waals surface area contributed by atoms with E-state index >= 15 is 0 Å². The van der Waals surface area contributed by atoms with E-state index in [-0.39, 0.29) is 11.9 Å². The van der Waals surface area contributed by atoms with Gasteiger partial charge >= 0.3 is 0 Å². The summed E-state index contributed by atoms with van der Waals surface area (Å²) in [6.45, 7) is 0.659. The molecule has 5 heteroatoms. The second kappa shape index (κ2) is 5.28. The highest BCUT2D eigenvalue weighted by Crippen LogP contribution is 2.22. The van der Waals surface area contributed by atoms with Crippen LogP contribution in [0.15, 0.2) is 18.2 Å². The monoisotopic (exact) mass is 263 g/mol. The molecule has 1 atom stereocenters. The van der Waals surface area contributed by atoms with Crippen molar-refractivity contribution in [3.05, 3.63) is 28.8 Å². The molecule has 0 aliphatic carbocycles. The maximum Gasteiger partial charge on any atom is 0.222 e. The fourth-order valence-electron chi connectivity index (χ4n) is 2.08. The van der Waals surface area contributed by atoms with Gasteiger partial charge in [0.15, 0.2) is 0 Å². The van der Waals surface area contributed by atoms with E-state index in [1.54, 1.807) is 30.1 Å². The molecule has 1 fully saturated rings. The third-order valence-corrected chi connectivity index (χ3v) is 3.32. The number of hydrogen-bond acceptors (Lipinski definition) is 3. The summed E-state index contributed by atoms with van der Waals surface area (Å²) >= 11 is 5.85. The minimum absolute atomic E-state index is 0.171. The van der Waals surface area contributed by atoms with Crippen molar-refractivity contribution in [2.24, 2.45) is 0 Å². The van der Waals surface area contributed by atoms with Crippen molar-refractivity contribution in [1.29, 1.82) is 5.26 Å². The SMILES string of the molecule is CN1C[C@@H](Nc2ccc(Cl)cc2C#N)CCC1=O. The Kier molecular flexibility index (Phi) is 3.73. The maximum atomic E-state index is 11.4. The summed E-state index contributed by atoms with van der Waals surface area (Å²) in [6, 6.07) is 7.50. The molecule has 0 unspecified atom stereocenters. The van der Waals surface area contributed by atoms with Gasteiger partial charge in [0.1, 0.15) is 6.07 Å². The molecule has 18 heavy (non-hydrogen) atoms. The third kappa shape index (κ3) is 2.74. The molecule has 1 saturated heterocycles. The van der Waals surface area contributed by atoms with E-state index < -0.39 is 0 Å². The van der Waals surface area contributed by atoms with Crippen LogP contribution in [0.4, 0.5) is 5.69 Å². The molecule has 0 aromatic heterocycles. The van der Waals surface area contributed by atoms with Crippen LogP contribution in [0.2, 0.25) is 5.02 Å². The van der Waals surface area contributed by atoms with E-state index in [1.807, 2.05) is 0 Å². The third-order valence-electron chi connectivity index (χ3n) is 3.09. The van der Waals surface area contributed by atoms with E-state index in [9.17, 15) is 4.79 Å². The number of carbonyl (C=O) groups excluding carboxylic acids is 1. The van der Waals surface area contributed by atoms with Crippen LogP contribution in [0, 0.1) is 11.3 Å². The van der Waals surface area contributed by atoms with Gasteiger partial charge in [-0.2, -0.15) is 5.26 Å². The van der Waals surface area contributed by atoms with Crippen LogP contribution in [0.1, 0.15) is 18.4 Å². The number of likely N-dealkylation sites (tertiary alicyclic amines) is 1. The molecule has 1 aromatic carbocycles. The molecule has 0 bridgehead atoms. The van der Waals surface area contributed by atoms with Gasteiger partial charge in [-0.3, -0.25) is 4.79 Å². The normalized spacial score (nSPS) is 19.5. The standard InChI is InChI=1S/C13H14ClN3O/c1-17-8-11(3-5-13(17)18)16-12-4-2-10(14)6-9(12)7-15/h2,4,6,11,16H,3,5,8H2,1H3/t11-/m0/s1. The smallest absolute Gasteiger partial charge is 0.222 e. The first-order valence-corrected chi connectivity index (χ1v) is 6.18. The van der Waals surface area contributed by atoms with Crippen molar-refractivity contribution < 1.29 is 4.79 Å². The number of amides is 1. The molecule has 1 amide bonds. The molecular formula is C13H14ClN3O. The molecule has 0 radical (unpaired) electrons. The summed E-state index contributed by atoms with van der Waals surface area (Å²) in [5, 5.41) is 12.9. The number of benzene rings is 1. The molecule has 1 aliphatic rings. The predicted molar refractivity (Wildman–Crippen MR) is 70.4 cm³/mol. The second-order valence-electron chi connectivity index (χ2n) is 4.46. The van der Waals surface area contributed by atoms with E-state index in [4.69, 9.17) is 16.9 Å². The van der Waals surface area contributed by atoms with E-state index in [0.29, 0.717) is 23.6 Å². The van der Waals surface area contributed by atoms with Crippen LogP contribution in [-0.4, -0.2) is 30.4 Å². The summed E-state index contributed by atoms with van der Waals surface area (Å²) in [5.41, 5.74) is 1.30. The second-order valence-corrected chi connectivity index (χ2v) is 4.89. The summed E-state index contributed by atoms with van der Waals surface area (Å²) in [4.78, 5) is 13.1. The maximum absolute atomic E-state index is 11.4. The minimum atomic E-state index is 0.171. The zero-order valence-corrected chi connectivity index (χ0v) is 10.9. The summed E-state index contributed by atoms with van der Waals surface area (Å²) in [5.74, 6) is 0.171. The minimum Gasteiger partial charge on any atom is -0.379 e. The van der Waals surface area contributed by atoms with Gasteiger partial charge in [-0.25, -0.2) is 0 Å². The number of carbonyl (C=O) groups is 1. The lowest BCUT2D eigenvalue weighted by molar-refractivity contribution is -0.132. The van der Waals surface area contributed by atoms with Gasteiger partial charge in [0.2, 0.25) is 5.91 Å². The lowest BCUT2D eigenvalue weighted by Gasteiger charge is -2.31. The Balaban J connectivity index is 2.10. The first-order chi connectivity index (χ1) is 8.60. The number of piperidine rings is 1. The fourth-order valence-corrected chi connectivity index (χ4v) is 2.26. The molecule has 94 valence electrons. The number of likely N-dealkylation sites (N-methyl/N-ethyl adjacent to an activating group) is 1. The van der Waals surface area contributed by atoms with Crippen molar-refractivity contribution >= 4 is 23.2 Å². The van der Waals surface area contributed by atoms with Crippen LogP contribution in [0.5, 0.6) is 0 Å². The van der Waals surface area contributed by atoms with Gasteiger partial charge in [0.25, 0.3) is 0 Å². The first kappa shape index (κ1) is 12.7. The number of nitrogens with one attached hydrogen (secondary N) is 1. The van der Waals surface area contributed by atoms with Crippen LogP contribution in [-0.2, 0) is 4.79 Å². The zero-order valence-electron chi connectivity index (χ0n) is 10.1. The number of nitriles is 1. The van der Waals surface area contributed by atoms with Gasteiger partial charge < -0.3 is 10.2 Å². The van der Waals surface area contributed by atoms with Gasteiger partial charge in [0, 0.05) is 31.1 Å². The Labute approximate surface area is 111 Å². The van der Waals surface area contributed by atoms with E-state index in [0.717, 1.165) is 12.1 Å². The largest absolute Gasteiger partial charge is 0.379 e. The highest BCUT2D eigenvalue weighted by Gasteiger charge is 2.23. The van der Waals surface area contributed by atoms with Crippen molar-refractivity contribution in [1.82, 2.24) is 4.90 Å². The Morgan fingerprint density at radius 2 is 2.33 bits per heavy atom. The highest BCUT2D eigenvalue weighted by atomic mass is 35.5. The topological polar surface area (TPSA) is 56.1 Å². The van der Waals surface area contributed by atoms with E-state index in [1.165, 1.54) is 0 Å². The van der Waals surface area contributed by atoms with Gasteiger partial charge in [-0.1, -0.05) is 11.6 Å². The highest BCUT2D eigenvalue weighted by molar-refractivity contribution is 6.30. The predicted octanol–water partition coefficient (Wildman–Crippen LogP) is 2.24. The van der Waals surface area contributed by atoms with Gasteiger partial charge in [-0.15, -0.1) is 0 Å². The van der Waals surface area contributed by atoms with Gasteiger partial charge in [0.05, 0.1) is 11.3 Å².